The van der Waals surface area contributed by atoms with E-state index in [1.807, 2.05) is 0 Å². The van der Waals surface area contributed by atoms with Crippen molar-refractivity contribution in [3.8, 4) is 5.75 Å². The van der Waals surface area contributed by atoms with Gasteiger partial charge in [-0.3, -0.25) is 4.79 Å². The van der Waals surface area contributed by atoms with Crippen molar-refractivity contribution >= 4 is 15.9 Å². The molecular weight excluding hydrogens is 395 g/mol. The fraction of sp³-hybridized carbons (Fsp3) is 0.381. The zero-order valence-corrected chi connectivity index (χ0v) is 17.3. The molecule has 1 fully saturated rings. The fourth-order valence-corrected chi connectivity index (χ4v) is 4.84. The molecule has 0 bridgehead atoms. The zero-order valence-electron chi connectivity index (χ0n) is 16.5. The van der Waals surface area contributed by atoms with E-state index >= 15 is 0 Å². The summed E-state index contributed by atoms with van der Waals surface area (Å²) in [5.41, 5.74) is 0.684. The Morgan fingerprint density at radius 3 is 2.52 bits per heavy atom. The molecule has 2 aromatic carbocycles. The number of nitrogens with one attached hydrogen (secondary N) is 1. The van der Waals surface area contributed by atoms with Crippen LogP contribution in [0.4, 0.5) is 4.39 Å². The first-order chi connectivity index (χ1) is 13.8. The van der Waals surface area contributed by atoms with Gasteiger partial charge in [0.05, 0.1) is 17.6 Å². The van der Waals surface area contributed by atoms with E-state index in [0.29, 0.717) is 43.8 Å². The Balaban J connectivity index is 1.56. The molecule has 3 rings (SSSR count). The van der Waals surface area contributed by atoms with Crippen molar-refractivity contribution < 1.29 is 22.3 Å². The average molecular weight is 421 g/mol. The van der Waals surface area contributed by atoms with Gasteiger partial charge in [0, 0.05) is 19.6 Å². The third-order valence-corrected chi connectivity index (χ3v) is 6.82. The number of likely N-dealkylation sites (tertiary alicyclic amines) is 1. The molecule has 29 heavy (non-hydrogen) atoms. The Morgan fingerprint density at radius 1 is 1.21 bits per heavy atom. The molecule has 0 aromatic heterocycles. The molecule has 0 spiro atoms. The molecule has 0 radical (unpaired) electrons. The first-order valence-electron chi connectivity index (χ1n) is 9.50. The lowest BCUT2D eigenvalue weighted by Gasteiger charge is -2.32. The Bertz CT molecular complexity index is 986. The van der Waals surface area contributed by atoms with E-state index in [1.165, 1.54) is 25.3 Å². The smallest absolute Gasteiger partial charge is 0.256 e. The van der Waals surface area contributed by atoms with Crippen molar-refractivity contribution in [2.75, 3.05) is 26.7 Å². The van der Waals surface area contributed by atoms with Crippen LogP contribution in [-0.4, -0.2) is 46.0 Å². The monoisotopic (exact) mass is 420 g/mol. The Hall–Kier alpha value is -2.45. The highest BCUT2D eigenvalue weighted by Gasteiger charge is 2.26. The Kier molecular flexibility index (Phi) is 6.54. The largest absolute Gasteiger partial charge is 0.497 e. The summed E-state index contributed by atoms with van der Waals surface area (Å²) in [5, 5.41) is 0. The second-order valence-corrected chi connectivity index (χ2v) is 8.93. The molecule has 156 valence electrons. The minimum Gasteiger partial charge on any atom is -0.497 e. The summed E-state index contributed by atoms with van der Waals surface area (Å²) < 4.78 is 46.9. The molecule has 0 saturated carbocycles. The number of amides is 1. The second kappa shape index (κ2) is 8.92. The van der Waals surface area contributed by atoms with Gasteiger partial charge in [0.25, 0.3) is 5.91 Å². The summed E-state index contributed by atoms with van der Waals surface area (Å²) in [5.74, 6) is -0.125. The highest BCUT2D eigenvalue weighted by molar-refractivity contribution is 7.89. The molecule has 0 unspecified atom stereocenters. The van der Waals surface area contributed by atoms with Gasteiger partial charge < -0.3 is 9.64 Å². The van der Waals surface area contributed by atoms with Crippen LogP contribution in [0.15, 0.2) is 47.4 Å². The molecule has 1 saturated heterocycles. The number of carbonyl (C=O) groups is 1. The standard InChI is InChI=1S/C21H25FN2O4S/c1-15-13-17(28-2)7-8-20(15)29(26,27)23-14-16-9-11-24(12-10-16)21(25)18-5-3-4-6-19(18)22/h3-8,13,16,23H,9-12,14H2,1-2H3. The van der Waals surface area contributed by atoms with E-state index < -0.39 is 15.8 Å². The van der Waals surface area contributed by atoms with Crippen LogP contribution in [0.25, 0.3) is 0 Å². The van der Waals surface area contributed by atoms with Crippen LogP contribution in [0.2, 0.25) is 0 Å². The van der Waals surface area contributed by atoms with Gasteiger partial charge in [0.2, 0.25) is 10.0 Å². The number of ether oxygens (including phenoxy) is 1. The van der Waals surface area contributed by atoms with Gasteiger partial charge in [-0.15, -0.1) is 0 Å². The first-order valence-corrected chi connectivity index (χ1v) is 11.0. The maximum absolute atomic E-state index is 13.8. The molecule has 2 aromatic rings. The summed E-state index contributed by atoms with van der Waals surface area (Å²) in [6.07, 6.45) is 1.31. The highest BCUT2D eigenvalue weighted by atomic mass is 32.2. The van der Waals surface area contributed by atoms with Crippen molar-refractivity contribution in [3.63, 3.8) is 0 Å². The van der Waals surface area contributed by atoms with E-state index in [-0.39, 0.29) is 22.3 Å². The SMILES string of the molecule is COc1ccc(S(=O)(=O)NCC2CCN(C(=O)c3ccccc3F)CC2)c(C)c1. The molecule has 1 heterocycles. The van der Waals surface area contributed by atoms with E-state index in [9.17, 15) is 17.6 Å². The number of rotatable bonds is 6. The van der Waals surface area contributed by atoms with Crippen LogP contribution < -0.4 is 9.46 Å². The van der Waals surface area contributed by atoms with Crippen molar-refractivity contribution in [1.29, 1.82) is 0 Å². The molecule has 0 atom stereocenters. The van der Waals surface area contributed by atoms with Crippen molar-refractivity contribution in [2.45, 2.75) is 24.7 Å². The van der Waals surface area contributed by atoms with Gasteiger partial charge >= 0.3 is 0 Å². The summed E-state index contributed by atoms with van der Waals surface area (Å²) in [6.45, 7) is 2.97. The quantitative estimate of drug-likeness (QED) is 0.780. The lowest BCUT2D eigenvalue weighted by molar-refractivity contribution is 0.0687. The normalized spacial score (nSPS) is 15.3. The molecule has 1 aliphatic rings. The lowest BCUT2D eigenvalue weighted by Crippen LogP contribution is -2.41. The Morgan fingerprint density at radius 2 is 1.90 bits per heavy atom. The van der Waals surface area contributed by atoms with Gasteiger partial charge in [-0.2, -0.15) is 0 Å². The number of hydrogen-bond donors (Lipinski definition) is 1. The maximum atomic E-state index is 13.8. The van der Waals surface area contributed by atoms with E-state index in [1.54, 1.807) is 36.1 Å². The predicted molar refractivity (Wildman–Crippen MR) is 108 cm³/mol. The summed E-state index contributed by atoms with van der Waals surface area (Å²) in [7, 11) is -2.10. The van der Waals surface area contributed by atoms with E-state index in [4.69, 9.17) is 4.74 Å². The molecule has 1 amide bonds. The van der Waals surface area contributed by atoms with Gasteiger partial charge in [0.1, 0.15) is 11.6 Å². The average Bonchev–Trinajstić information content (AvgIpc) is 2.72. The summed E-state index contributed by atoms with van der Waals surface area (Å²) >= 11 is 0. The number of piperidine rings is 1. The Labute approximate surface area is 170 Å². The van der Waals surface area contributed by atoms with Crippen LogP contribution in [0, 0.1) is 18.7 Å². The van der Waals surface area contributed by atoms with Crippen LogP contribution >= 0.6 is 0 Å². The number of sulfonamides is 1. The molecule has 1 N–H and O–H groups in total. The number of halogens is 1. The highest BCUT2D eigenvalue weighted by Crippen LogP contribution is 2.23. The van der Waals surface area contributed by atoms with Crippen molar-refractivity contribution in [2.24, 2.45) is 5.92 Å². The fourth-order valence-electron chi connectivity index (χ4n) is 3.50. The van der Waals surface area contributed by atoms with Gasteiger partial charge in [0.15, 0.2) is 0 Å². The second-order valence-electron chi connectivity index (χ2n) is 7.20. The number of carbonyl (C=O) groups excluding carboxylic acids is 1. The minimum absolute atomic E-state index is 0.0710. The minimum atomic E-state index is -3.63. The molecule has 6 nitrogen and oxygen atoms in total. The maximum Gasteiger partial charge on any atom is 0.256 e. The van der Waals surface area contributed by atoms with Crippen molar-refractivity contribution in [1.82, 2.24) is 9.62 Å². The van der Waals surface area contributed by atoms with Gasteiger partial charge in [-0.1, -0.05) is 12.1 Å². The number of hydrogen-bond acceptors (Lipinski definition) is 4. The molecular formula is C21H25FN2O4S. The lowest BCUT2D eigenvalue weighted by atomic mass is 9.96. The third kappa shape index (κ3) is 4.94. The van der Waals surface area contributed by atoms with E-state index in [0.717, 1.165) is 0 Å². The third-order valence-electron chi connectivity index (χ3n) is 5.24. The molecule has 0 aliphatic carbocycles. The zero-order chi connectivity index (χ0) is 21.0. The summed E-state index contributed by atoms with van der Waals surface area (Å²) in [6, 6.07) is 10.8. The van der Waals surface area contributed by atoms with E-state index in [2.05, 4.69) is 4.72 Å². The number of methoxy groups -OCH3 is 1. The van der Waals surface area contributed by atoms with Crippen LogP contribution in [0.5, 0.6) is 5.75 Å². The first kappa shape index (κ1) is 21.3. The number of nitrogens with zero attached hydrogens (tertiary/aromatic N) is 1. The van der Waals surface area contributed by atoms with Crippen LogP contribution in [0.3, 0.4) is 0 Å². The number of aryl methyl sites for hydroxylation is 1. The number of benzene rings is 2. The summed E-state index contributed by atoms with van der Waals surface area (Å²) in [4.78, 5) is 14.3. The van der Waals surface area contributed by atoms with Gasteiger partial charge in [-0.25, -0.2) is 17.5 Å². The topological polar surface area (TPSA) is 75.7 Å². The molecule has 1 aliphatic heterocycles. The van der Waals surface area contributed by atoms with Crippen LogP contribution in [-0.2, 0) is 10.0 Å². The van der Waals surface area contributed by atoms with Crippen molar-refractivity contribution in [3.05, 3.63) is 59.4 Å². The van der Waals surface area contributed by atoms with Crippen LogP contribution in [0.1, 0.15) is 28.8 Å². The molecule has 8 heteroatoms. The predicted octanol–water partition coefficient (Wildman–Crippen LogP) is 2.97. The van der Waals surface area contributed by atoms with Gasteiger partial charge in [-0.05, 0) is 61.6 Å².